The zero-order valence-electron chi connectivity index (χ0n) is 9.73. The van der Waals surface area contributed by atoms with Gasteiger partial charge in [-0.15, -0.1) is 0 Å². The SMILES string of the molecule is CCC(CSC)NCc1ccnc(C#N)c1. The maximum Gasteiger partial charge on any atom is 0.140 e. The second kappa shape index (κ2) is 7.26. The normalized spacial score (nSPS) is 12.1. The van der Waals surface area contributed by atoms with Crippen molar-refractivity contribution < 1.29 is 0 Å². The Bertz CT molecular complexity index is 360. The fourth-order valence-electron chi connectivity index (χ4n) is 1.43. The molecule has 0 aromatic carbocycles. The van der Waals surface area contributed by atoms with Crippen LogP contribution in [-0.2, 0) is 6.54 Å². The Hall–Kier alpha value is -1.05. The van der Waals surface area contributed by atoms with Crippen molar-refractivity contribution in [1.82, 2.24) is 10.3 Å². The van der Waals surface area contributed by atoms with E-state index in [1.807, 2.05) is 23.9 Å². The van der Waals surface area contributed by atoms with Gasteiger partial charge in [0, 0.05) is 24.5 Å². The Balaban J connectivity index is 2.50. The molecule has 0 amide bonds. The molecule has 16 heavy (non-hydrogen) atoms. The van der Waals surface area contributed by atoms with Gasteiger partial charge in [0.05, 0.1) is 0 Å². The van der Waals surface area contributed by atoms with Crippen LogP contribution in [0.1, 0.15) is 24.6 Å². The van der Waals surface area contributed by atoms with Gasteiger partial charge in [0.2, 0.25) is 0 Å². The lowest BCUT2D eigenvalue weighted by Gasteiger charge is -2.15. The van der Waals surface area contributed by atoms with Gasteiger partial charge in [0.1, 0.15) is 11.8 Å². The Kier molecular flexibility index (Phi) is 5.91. The van der Waals surface area contributed by atoms with Crippen LogP contribution in [0.15, 0.2) is 18.3 Å². The summed E-state index contributed by atoms with van der Waals surface area (Å²) in [5.41, 5.74) is 1.60. The highest BCUT2D eigenvalue weighted by molar-refractivity contribution is 7.98. The molecule has 0 aliphatic carbocycles. The lowest BCUT2D eigenvalue weighted by Crippen LogP contribution is -2.30. The van der Waals surface area contributed by atoms with Crippen LogP contribution in [0.4, 0.5) is 0 Å². The van der Waals surface area contributed by atoms with Crippen molar-refractivity contribution in [3.05, 3.63) is 29.6 Å². The second-order valence-corrected chi connectivity index (χ2v) is 4.51. The third kappa shape index (κ3) is 4.21. The number of nitrogens with zero attached hydrogens (tertiary/aromatic N) is 2. The fourth-order valence-corrected chi connectivity index (χ4v) is 2.19. The molecule has 0 spiro atoms. The average Bonchev–Trinajstić information content (AvgIpc) is 2.34. The predicted octanol–water partition coefficient (Wildman–Crippen LogP) is 2.18. The summed E-state index contributed by atoms with van der Waals surface area (Å²) in [6, 6.07) is 6.36. The van der Waals surface area contributed by atoms with Crippen LogP contribution >= 0.6 is 11.8 Å². The number of thioether (sulfide) groups is 1. The summed E-state index contributed by atoms with van der Waals surface area (Å²) >= 11 is 1.85. The van der Waals surface area contributed by atoms with Crippen molar-refractivity contribution in [3.63, 3.8) is 0 Å². The lowest BCUT2D eigenvalue weighted by molar-refractivity contribution is 0.541. The van der Waals surface area contributed by atoms with Crippen molar-refractivity contribution in [2.24, 2.45) is 0 Å². The van der Waals surface area contributed by atoms with Crippen molar-refractivity contribution in [3.8, 4) is 6.07 Å². The van der Waals surface area contributed by atoms with E-state index < -0.39 is 0 Å². The number of hydrogen-bond donors (Lipinski definition) is 1. The topological polar surface area (TPSA) is 48.7 Å². The molecule has 1 heterocycles. The maximum absolute atomic E-state index is 8.73. The van der Waals surface area contributed by atoms with Crippen LogP contribution in [-0.4, -0.2) is 23.0 Å². The quantitative estimate of drug-likeness (QED) is 0.821. The summed E-state index contributed by atoms with van der Waals surface area (Å²) < 4.78 is 0. The lowest BCUT2D eigenvalue weighted by atomic mass is 10.2. The highest BCUT2D eigenvalue weighted by atomic mass is 32.2. The van der Waals surface area contributed by atoms with Gasteiger partial charge >= 0.3 is 0 Å². The molecule has 0 bridgehead atoms. The van der Waals surface area contributed by atoms with Gasteiger partial charge in [-0.25, -0.2) is 4.98 Å². The van der Waals surface area contributed by atoms with E-state index in [0.29, 0.717) is 11.7 Å². The maximum atomic E-state index is 8.73. The van der Waals surface area contributed by atoms with Crippen molar-refractivity contribution in [1.29, 1.82) is 5.26 Å². The molecule has 3 nitrogen and oxygen atoms in total. The fraction of sp³-hybridized carbons (Fsp3) is 0.500. The average molecular weight is 235 g/mol. The summed E-state index contributed by atoms with van der Waals surface area (Å²) in [6.45, 7) is 2.98. The Labute approximate surface area is 101 Å². The molecular formula is C12H17N3S. The molecule has 0 saturated heterocycles. The van der Waals surface area contributed by atoms with E-state index >= 15 is 0 Å². The molecule has 1 rings (SSSR count). The van der Waals surface area contributed by atoms with Crippen LogP contribution in [0.2, 0.25) is 0 Å². The van der Waals surface area contributed by atoms with Gasteiger partial charge in [-0.05, 0) is 30.4 Å². The van der Waals surface area contributed by atoms with Crippen LogP contribution < -0.4 is 5.32 Å². The van der Waals surface area contributed by atoms with E-state index in [2.05, 4.69) is 29.5 Å². The minimum absolute atomic E-state index is 0.484. The van der Waals surface area contributed by atoms with E-state index in [9.17, 15) is 0 Å². The molecule has 0 aliphatic rings. The molecule has 1 unspecified atom stereocenters. The number of rotatable bonds is 6. The first-order chi connectivity index (χ1) is 7.80. The predicted molar refractivity (Wildman–Crippen MR) is 68.3 cm³/mol. The molecule has 0 radical (unpaired) electrons. The zero-order valence-corrected chi connectivity index (χ0v) is 10.5. The molecule has 0 saturated carbocycles. The molecule has 86 valence electrons. The summed E-state index contributed by atoms with van der Waals surface area (Å²) in [6.07, 6.45) is 4.92. The van der Waals surface area contributed by atoms with Gasteiger partial charge in [0.15, 0.2) is 0 Å². The number of pyridine rings is 1. The number of nitrogens with one attached hydrogen (secondary N) is 1. The van der Waals surface area contributed by atoms with Gasteiger partial charge in [-0.3, -0.25) is 0 Å². The minimum atomic E-state index is 0.484. The first-order valence-electron chi connectivity index (χ1n) is 5.37. The molecule has 0 fully saturated rings. The third-order valence-electron chi connectivity index (χ3n) is 2.39. The third-order valence-corrected chi connectivity index (χ3v) is 3.13. The number of aromatic nitrogens is 1. The number of nitriles is 1. The largest absolute Gasteiger partial charge is 0.309 e. The molecule has 1 N–H and O–H groups in total. The van der Waals surface area contributed by atoms with Gasteiger partial charge < -0.3 is 5.32 Å². The van der Waals surface area contributed by atoms with Crippen molar-refractivity contribution >= 4 is 11.8 Å². The second-order valence-electron chi connectivity index (χ2n) is 3.60. The molecule has 1 aromatic rings. The van der Waals surface area contributed by atoms with Crippen molar-refractivity contribution in [2.45, 2.75) is 25.9 Å². The highest BCUT2D eigenvalue weighted by Gasteiger charge is 2.04. The van der Waals surface area contributed by atoms with E-state index in [1.54, 1.807) is 6.20 Å². The molecule has 1 atom stereocenters. The van der Waals surface area contributed by atoms with Gasteiger partial charge in [-0.1, -0.05) is 6.92 Å². The standard InChI is InChI=1S/C12H17N3S/c1-3-11(9-16-2)15-8-10-4-5-14-12(6-10)7-13/h4-6,11,15H,3,8-9H2,1-2H3. The first-order valence-corrected chi connectivity index (χ1v) is 6.76. The Morgan fingerprint density at radius 2 is 2.44 bits per heavy atom. The summed E-state index contributed by atoms with van der Waals surface area (Å²) in [5.74, 6) is 1.12. The molecule has 0 aliphatic heterocycles. The van der Waals surface area contributed by atoms with Crippen LogP contribution in [0.5, 0.6) is 0 Å². The van der Waals surface area contributed by atoms with E-state index in [1.165, 1.54) is 0 Å². The molecular weight excluding hydrogens is 218 g/mol. The Morgan fingerprint density at radius 1 is 1.62 bits per heavy atom. The summed E-state index contributed by atoms with van der Waals surface area (Å²) in [7, 11) is 0. The van der Waals surface area contributed by atoms with E-state index in [-0.39, 0.29) is 0 Å². The van der Waals surface area contributed by atoms with Crippen LogP contribution in [0.25, 0.3) is 0 Å². The van der Waals surface area contributed by atoms with Gasteiger partial charge in [-0.2, -0.15) is 17.0 Å². The molecule has 4 heteroatoms. The zero-order chi connectivity index (χ0) is 11.8. The van der Waals surface area contributed by atoms with Crippen molar-refractivity contribution in [2.75, 3.05) is 12.0 Å². The van der Waals surface area contributed by atoms with Crippen LogP contribution in [0.3, 0.4) is 0 Å². The Morgan fingerprint density at radius 3 is 3.06 bits per heavy atom. The first kappa shape index (κ1) is 13.0. The van der Waals surface area contributed by atoms with Crippen LogP contribution in [0, 0.1) is 11.3 Å². The minimum Gasteiger partial charge on any atom is -0.309 e. The van der Waals surface area contributed by atoms with E-state index in [4.69, 9.17) is 5.26 Å². The summed E-state index contributed by atoms with van der Waals surface area (Å²) in [4.78, 5) is 3.95. The van der Waals surface area contributed by atoms with E-state index in [0.717, 1.165) is 24.3 Å². The van der Waals surface area contributed by atoms with Gasteiger partial charge in [0.25, 0.3) is 0 Å². The monoisotopic (exact) mass is 235 g/mol. The smallest absolute Gasteiger partial charge is 0.140 e. The number of hydrogen-bond acceptors (Lipinski definition) is 4. The molecule has 1 aromatic heterocycles. The highest BCUT2D eigenvalue weighted by Crippen LogP contribution is 2.04. The summed E-state index contributed by atoms with van der Waals surface area (Å²) in [5, 5.41) is 12.2.